The zero-order chi connectivity index (χ0) is 12.0. The van der Waals surface area contributed by atoms with Crippen molar-refractivity contribution >= 4 is 0 Å². The van der Waals surface area contributed by atoms with E-state index < -0.39 is 6.43 Å². The third kappa shape index (κ3) is 4.63. The molecule has 0 saturated carbocycles. The molecule has 1 aromatic heterocycles. The second kappa shape index (κ2) is 6.50. The number of halogens is 2. The summed E-state index contributed by atoms with van der Waals surface area (Å²) in [6, 6.07) is 5.59. The highest BCUT2D eigenvalue weighted by Crippen LogP contribution is 2.05. The fourth-order valence-electron chi connectivity index (χ4n) is 1.53. The number of alkyl halides is 2. The Kier molecular flexibility index (Phi) is 5.28. The predicted octanol–water partition coefficient (Wildman–Crippen LogP) is 1.42. The molecule has 5 heteroatoms. The quantitative estimate of drug-likeness (QED) is 0.802. The first-order valence-electron chi connectivity index (χ1n) is 5.25. The van der Waals surface area contributed by atoms with Gasteiger partial charge in [-0.25, -0.2) is 8.78 Å². The molecule has 0 amide bonds. The van der Waals surface area contributed by atoms with Gasteiger partial charge in [0.15, 0.2) is 0 Å². The Bertz CT molecular complexity index is 318. The normalized spacial score (nSPS) is 11.4. The van der Waals surface area contributed by atoms with Crippen LogP contribution in [-0.2, 0) is 6.54 Å². The molecule has 1 rings (SSSR count). The van der Waals surface area contributed by atoms with E-state index in [-0.39, 0.29) is 6.54 Å². The Labute approximate surface area is 94.3 Å². The van der Waals surface area contributed by atoms with Crippen LogP contribution in [0.4, 0.5) is 8.78 Å². The molecule has 0 bridgehead atoms. The number of aromatic nitrogens is 1. The van der Waals surface area contributed by atoms with Crippen LogP contribution in [0.3, 0.4) is 0 Å². The van der Waals surface area contributed by atoms with E-state index in [2.05, 4.69) is 4.98 Å². The van der Waals surface area contributed by atoms with Crippen LogP contribution in [0.25, 0.3) is 0 Å². The number of rotatable bonds is 6. The molecular formula is C11H17F2N3. The van der Waals surface area contributed by atoms with E-state index in [1.165, 1.54) is 0 Å². The van der Waals surface area contributed by atoms with Gasteiger partial charge in [-0.2, -0.15) is 0 Å². The van der Waals surface area contributed by atoms with Crippen LogP contribution in [0, 0.1) is 6.92 Å². The van der Waals surface area contributed by atoms with Crippen molar-refractivity contribution in [2.24, 2.45) is 5.73 Å². The van der Waals surface area contributed by atoms with E-state index in [1.54, 1.807) is 4.90 Å². The van der Waals surface area contributed by atoms with Crippen LogP contribution in [-0.4, -0.2) is 35.9 Å². The molecule has 0 unspecified atom stereocenters. The Morgan fingerprint density at radius 1 is 1.44 bits per heavy atom. The van der Waals surface area contributed by atoms with Gasteiger partial charge in [0.25, 0.3) is 6.43 Å². The zero-order valence-electron chi connectivity index (χ0n) is 9.37. The Hall–Kier alpha value is -1.07. The van der Waals surface area contributed by atoms with Crippen molar-refractivity contribution in [3.63, 3.8) is 0 Å². The molecule has 2 N–H and O–H groups in total. The molecule has 0 aliphatic carbocycles. The lowest BCUT2D eigenvalue weighted by Gasteiger charge is -2.20. The van der Waals surface area contributed by atoms with Crippen molar-refractivity contribution in [1.29, 1.82) is 0 Å². The first-order valence-corrected chi connectivity index (χ1v) is 5.25. The minimum atomic E-state index is -2.34. The van der Waals surface area contributed by atoms with Gasteiger partial charge in [-0.05, 0) is 19.1 Å². The van der Waals surface area contributed by atoms with Crippen LogP contribution in [0.2, 0.25) is 0 Å². The number of hydrogen-bond acceptors (Lipinski definition) is 3. The Morgan fingerprint density at radius 3 is 2.75 bits per heavy atom. The minimum absolute atomic E-state index is 0.257. The van der Waals surface area contributed by atoms with Crippen LogP contribution >= 0.6 is 0 Å². The number of hydrogen-bond donors (Lipinski definition) is 1. The van der Waals surface area contributed by atoms with Crippen LogP contribution in [0.5, 0.6) is 0 Å². The molecule has 1 heterocycles. The fraction of sp³-hybridized carbons (Fsp3) is 0.545. The fourth-order valence-corrected chi connectivity index (χ4v) is 1.53. The van der Waals surface area contributed by atoms with Gasteiger partial charge >= 0.3 is 0 Å². The average molecular weight is 229 g/mol. The second-order valence-electron chi connectivity index (χ2n) is 3.69. The van der Waals surface area contributed by atoms with Gasteiger partial charge < -0.3 is 5.73 Å². The Balaban J connectivity index is 2.60. The predicted molar refractivity (Wildman–Crippen MR) is 59.3 cm³/mol. The third-order valence-corrected chi connectivity index (χ3v) is 2.17. The molecule has 0 spiro atoms. The van der Waals surface area contributed by atoms with Crippen LogP contribution < -0.4 is 5.73 Å². The van der Waals surface area contributed by atoms with E-state index in [1.807, 2.05) is 25.1 Å². The van der Waals surface area contributed by atoms with Crippen LogP contribution in [0.15, 0.2) is 18.2 Å². The summed E-state index contributed by atoms with van der Waals surface area (Å²) in [6.45, 7) is 2.87. The third-order valence-electron chi connectivity index (χ3n) is 2.17. The maximum Gasteiger partial charge on any atom is 0.251 e. The molecule has 0 fully saturated rings. The van der Waals surface area contributed by atoms with Gasteiger partial charge in [-0.3, -0.25) is 9.88 Å². The lowest BCUT2D eigenvalue weighted by Crippen LogP contribution is -2.33. The summed E-state index contributed by atoms with van der Waals surface area (Å²) >= 11 is 0. The highest BCUT2D eigenvalue weighted by atomic mass is 19.3. The van der Waals surface area contributed by atoms with Crippen molar-refractivity contribution < 1.29 is 8.78 Å². The first kappa shape index (κ1) is 13.0. The Morgan fingerprint density at radius 2 is 2.19 bits per heavy atom. The summed E-state index contributed by atoms with van der Waals surface area (Å²) in [6.07, 6.45) is -2.34. The largest absolute Gasteiger partial charge is 0.329 e. The summed E-state index contributed by atoms with van der Waals surface area (Å²) in [5.74, 6) is 0. The van der Waals surface area contributed by atoms with E-state index in [0.717, 1.165) is 11.4 Å². The number of pyridine rings is 1. The van der Waals surface area contributed by atoms with Crippen molar-refractivity contribution in [2.45, 2.75) is 19.9 Å². The standard InChI is InChI=1S/C11H17F2N3/c1-9-3-2-4-10(15-9)7-16(6-5-14)8-11(12)13/h2-4,11H,5-8,14H2,1H3. The monoisotopic (exact) mass is 229 g/mol. The number of aryl methyl sites for hydroxylation is 1. The van der Waals surface area contributed by atoms with Gasteiger partial charge in [-0.1, -0.05) is 6.07 Å². The molecule has 3 nitrogen and oxygen atoms in total. The van der Waals surface area contributed by atoms with Gasteiger partial charge in [0.05, 0.1) is 12.2 Å². The van der Waals surface area contributed by atoms with Crippen LogP contribution in [0.1, 0.15) is 11.4 Å². The molecule has 0 aliphatic rings. The summed E-state index contributed by atoms with van der Waals surface area (Å²) in [7, 11) is 0. The van der Waals surface area contributed by atoms with E-state index in [0.29, 0.717) is 19.6 Å². The highest BCUT2D eigenvalue weighted by Gasteiger charge is 2.12. The SMILES string of the molecule is Cc1cccc(CN(CCN)CC(F)F)n1. The maximum absolute atomic E-state index is 12.3. The van der Waals surface area contributed by atoms with E-state index in [9.17, 15) is 8.78 Å². The average Bonchev–Trinajstić information content (AvgIpc) is 2.16. The molecule has 0 atom stereocenters. The van der Waals surface area contributed by atoms with E-state index in [4.69, 9.17) is 5.73 Å². The molecule has 1 aromatic rings. The van der Waals surface area contributed by atoms with Crippen molar-refractivity contribution in [3.8, 4) is 0 Å². The maximum atomic E-state index is 12.3. The smallest absolute Gasteiger partial charge is 0.251 e. The van der Waals surface area contributed by atoms with Crippen molar-refractivity contribution in [3.05, 3.63) is 29.6 Å². The van der Waals surface area contributed by atoms with Gasteiger partial charge in [0.2, 0.25) is 0 Å². The second-order valence-corrected chi connectivity index (χ2v) is 3.69. The highest BCUT2D eigenvalue weighted by molar-refractivity contribution is 5.09. The summed E-state index contributed by atoms with van der Waals surface area (Å²) in [4.78, 5) is 5.89. The topological polar surface area (TPSA) is 42.1 Å². The number of nitrogens with two attached hydrogens (primary N) is 1. The summed E-state index contributed by atoms with van der Waals surface area (Å²) in [5, 5.41) is 0. The molecule has 0 aromatic carbocycles. The van der Waals surface area contributed by atoms with Gasteiger partial charge in [0.1, 0.15) is 0 Å². The first-order chi connectivity index (χ1) is 7.61. The van der Waals surface area contributed by atoms with Crippen molar-refractivity contribution in [2.75, 3.05) is 19.6 Å². The van der Waals surface area contributed by atoms with Gasteiger partial charge in [0, 0.05) is 25.3 Å². The molecule has 0 radical (unpaired) electrons. The summed E-state index contributed by atoms with van der Waals surface area (Å²) < 4.78 is 24.6. The van der Waals surface area contributed by atoms with E-state index >= 15 is 0 Å². The van der Waals surface area contributed by atoms with Crippen molar-refractivity contribution in [1.82, 2.24) is 9.88 Å². The molecule has 90 valence electrons. The molecule has 0 saturated heterocycles. The minimum Gasteiger partial charge on any atom is -0.329 e. The van der Waals surface area contributed by atoms with Gasteiger partial charge in [-0.15, -0.1) is 0 Å². The lowest BCUT2D eigenvalue weighted by atomic mass is 10.3. The molecule has 0 aliphatic heterocycles. The zero-order valence-corrected chi connectivity index (χ0v) is 9.37. The number of nitrogens with zero attached hydrogens (tertiary/aromatic N) is 2. The molecular weight excluding hydrogens is 212 g/mol. The lowest BCUT2D eigenvalue weighted by molar-refractivity contribution is 0.0856. The summed E-state index contributed by atoms with van der Waals surface area (Å²) in [5.41, 5.74) is 7.07. The molecule has 16 heavy (non-hydrogen) atoms.